The normalized spacial score (nSPS) is 16.0. The highest BCUT2D eigenvalue weighted by Gasteiger charge is 2.26. The van der Waals surface area contributed by atoms with Crippen molar-refractivity contribution in [1.82, 2.24) is 0 Å². The Balaban J connectivity index is 1.62. The number of ether oxygens (including phenoxy) is 1. The van der Waals surface area contributed by atoms with Crippen molar-refractivity contribution in [3.05, 3.63) is 22.3 Å². The van der Waals surface area contributed by atoms with Gasteiger partial charge in [0.15, 0.2) is 5.75 Å². The first kappa shape index (κ1) is 24.1. The van der Waals surface area contributed by atoms with E-state index in [2.05, 4.69) is 34.6 Å². The lowest BCUT2D eigenvalue weighted by Gasteiger charge is -2.30. The largest absolute Gasteiger partial charge is 0.490 e. The molecule has 0 radical (unpaired) electrons. The molecule has 0 saturated carbocycles. The highest BCUT2D eigenvalue weighted by molar-refractivity contribution is 5.58. The minimum Gasteiger partial charge on any atom is -0.490 e. The Morgan fingerprint density at radius 3 is 2.03 bits per heavy atom. The van der Waals surface area contributed by atoms with Crippen LogP contribution in [0.4, 0.5) is 0 Å². The molecule has 0 fully saturated rings. The second-order valence-electron chi connectivity index (χ2n) is 9.56. The first-order chi connectivity index (χ1) is 14.0. The quantitative estimate of drug-likeness (QED) is 0.274. The summed E-state index contributed by atoms with van der Waals surface area (Å²) >= 11 is 0. The second kappa shape index (κ2) is 12.5. The van der Waals surface area contributed by atoms with Crippen LogP contribution >= 0.6 is 0 Å². The number of fused-ring (bicyclic) bond motifs is 1. The molecule has 2 rings (SSSR count). The summed E-state index contributed by atoms with van der Waals surface area (Å²) in [5, 5.41) is 0. The fraction of sp³-hybridized carbons (Fsp3) is 0.769. The lowest BCUT2D eigenvalue weighted by atomic mass is 9.90. The first-order valence-corrected chi connectivity index (χ1v) is 12.1. The van der Waals surface area contributed by atoms with Crippen LogP contribution in [0, 0.1) is 26.7 Å². The van der Waals surface area contributed by atoms with Gasteiger partial charge in [0.2, 0.25) is 0 Å². The Kier molecular flexibility index (Phi) is 10.3. The van der Waals surface area contributed by atoms with Crippen LogP contribution in [0.15, 0.2) is 0 Å². The third-order valence-electron chi connectivity index (χ3n) is 6.74. The summed E-state index contributed by atoms with van der Waals surface area (Å²) in [5.74, 6) is 8.28. The lowest BCUT2D eigenvalue weighted by Crippen LogP contribution is -2.24. The van der Waals surface area contributed by atoms with Gasteiger partial charge in [-0.15, -0.1) is 0 Å². The third kappa shape index (κ3) is 7.20. The maximum atomic E-state index is 6.43. The molecule has 1 atom stereocenters. The Morgan fingerprint density at radius 1 is 0.862 bits per heavy atom. The van der Waals surface area contributed by atoms with Crippen molar-refractivity contribution >= 4 is 0 Å². The molecule has 1 heterocycles. The molecule has 166 valence electrons. The molecular formula is C26H45NO2. The summed E-state index contributed by atoms with van der Waals surface area (Å²) in [6, 6.07) is 0. The van der Waals surface area contributed by atoms with Crippen molar-refractivity contribution < 1.29 is 9.57 Å². The molecule has 3 nitrogen and oxygen atoms in total. The van der Waals surface area contributed by atoms with Crippen molar-refractivity contribution in [2.75, 3.05) is 0 Å². The molecule has 0 spiro atoms. The summed E-state index contributed by atoms with van der Waals surface area (Å²) < 4.78 is 6.43. The van der Waals surface area contributed by atoms with Gasteiger partial charge in [-0.3, -0.25) is 0 Å². The van der Waals surface area contributed by atoms with E-state index >= 15 is 0 Å². The smallest absolute Gasteiger partial charge is 0.153 e. The SMILES string of the molecule is Cc1c(C)c2c(c(C)c1ON)CCC(CCCCCCCCCCCC(C)C)O2. The fourth-order valence-corrected chi connectivity index (χ4v) is 4.69. The molecule has 1 aliphatic heterocycles. The minimum absolute atomic E-state index is 0.366. The molecule has 1 aromatic carbocycles. The molecule has 0 saturated heterocycles. The van der Waals surface area contributed by atoms with E-state index in [0.717, 1.165) is 41.4 Å². The standard InChI is InChI=1S/C26H45NO2/c1-19(2)15-13-11-9-7-6-8-10-12-14-16-23-17-18-24-22(5)25(29-27)20(3)21(4)26(24)28-23/h19,23H,6-18,27H2,1-5H3. The second-order valence-corrected chi connectivity index (χ2v) is 9.56. The van der Waals surface area contributed by atoms with Crippen LogP contribution < -0.4 is 15.5 Å². The van der Waals surface area contributed by atoms with E-state index in [9.17, 15) is 0 Å². The highest BCUT2D eigenvalue weighted by Crippen LogP contribution is 2.41. The Labute approximate surface area is 179 Å². The van der Waals surface area contributed by atoms with E-state index in [-0.39, 0.29) is 0 Å². The summed E-state index contributed by atoms with van der Waals surface area (Å²) in [6.07, 6.45) is 17.6. The first-order valence-electron chi connectivity index (χ1n) is 12.1. The van der Waals surface area contributed by atoms with Crippen LogP contribution in [0.5, 0.6) is 11.5 Å². The molecule has 29 heavy (non-hydrogen) atoms. The topological polar surface area (TPSA) is 44.5 Å². The average molecular weight is 404 g/mol. The summed E-state index contributed by atoms with van der Waals surface area (Å²) in [4.78, 5) is 5.14. The van der Waals surface area contributed by atoms with Crippen LogP contribution in [0.2, 0.25) is 0 Å². The summed E-state index contributed by atoms with van der Waals surface area (Å²) in [6.45, 7) is 10.9. The van der Waals surface area contributed by atoms with Crippen molar-refractivity contribution in [1.29, 1.82) is 0 Å². The van der Waals surface area contributed by atoms with Crippen LogP contribution in [-0.4, -0.2) is 6.10 Å². The van der Waals surface area contributed by atoms with Crippen LogP contribution in [0.1, 0.15) is 113 Å². The van der Waals surface area contributed by atoms with Crippen molar-refractivity contribution in [2.24, 2.45) is 11.8 Å². The average Bonchev–Trinajstić information content (AvgIpc) is 2.70. The molecule has 0 aliphatic carbocycles. The molecule has 1 aliphatic rings. The Hall–Kier alpha value is -1.22. The zero-order valence-electron chi connectivity index (χ0n) is 19.7. The van der Waals surface area contributed by atoms with E-state index in [1.165, 1.54) is 81.8 Å². The van der Waals surface area contributed by atoms with E-state index in [1.54, 1.807) is 0 Å². The van der Waals surface area contributed by atoms with Crippen LogP contribution in [-0.2, 0) is 6.42 Å². The fourth-order valence-electron chi connectivity index (χ4n) is 4.69. The van der Waals surface area contributed by atoms with Crippen LogP contribution in [0.25, 0.3) is 0 Å². The molecule has 0 aromatic heterocycles. The van der Waals surface area contributed by atoms with E-state index < -0.39 is 0 Å². The van der Waals surface area contributed by atoms with Crippen molar-refractivity contribution in [3.63, 3.8) is 0 Å². The van der Waals surface area contributed by atoms with E-state index in [4.69, 9.17) is 15.5 Å². The van der Waals surface area contributed by atoms with Gasteiger partial charge in [0.25, 0.3) is 0 Å². The van der Waals surface area contributed by atoms with Gasteiger partial charge in [-0.25, -0.2) is 0 Å². The minimum atomic E-state index is 0.366. The number of nitrogens with two attached hydrogens (primary N) is 1. The van der Waals surface area contributed by atoms with Gasteiger partial charge in [-0.1, -0.05) is 71.6 Å². The number of hydrogen-bond acceptors (Lipinski definition) is 3. The van der Waals surface area contributed by atoms with Crippen molar-refractivity contribution in [2.45, 2.75) is 124 Å². The van der Waals surface area contributed by atoms with Gasteiger partial charge in [0.1, 0.15) is 5.75 Å². The van der Waals surface area contributed by atoms with E-state index in [0.29, 0.717) is 6.10 Å². The Morgan fingerprint density at radius 2 is 1.45 bits per heavy atom. The van der Waals surface area contributed by atoms with Gasteiger partial charge in [-0.2, -0.15) is 5.90 Å². The zero-order chi connectivity index (χ0) is 21.2. The molecule has 1 unspecified atom stereocenters. The maximum absolute atomic E-state index is 6.43. The number of unbranched alkanes of at least 4 members (excludes halogenated alkanes) is 8. The summed E-state index contributed by atoms with van der Waals surface area (Å²) in [5.41, 5.74) is 4.73. The molecule has 3 heteroatoms. The Bertz CT molecular complexity index is 624. The molecular weight excluding hydrogens is 358 g/mol. The van der Waals surface area contributed by atoms with Gasteiger partial charge in [0, 0.05) is 16.7 Å². The predicted molar refractivity (Wildman–Crippen MR) is 124 cm³/mol. The van der Waals surface area contributed by atoms with Crippen molar-refractivity contribution in [3.8, 4) is 11.5 Å². The molecule has 1 aromatic rings. The van der Waals surface area contributed by atoms with Gasteiger partial charge in [0.05, 0.1) is 6.10 Å². The third-order valence-corrected chi connectivity index (χ3v) is 6.74. The van der Waals surface area contributed by atoms with E-state index in [1.807, 2.05) is 0 Å². The molecule has 0 amide bonds. The number of benzene rings is 1. The monoisotopic (exact) mass is 403 g/mol. The van der Waals surface area contributed by atoms with Gasteiger partial charge < -0.3 is 9.57 Å². The number of hydrogen-bond donors (Lipinski definition) is 1. The van der Waals surface area contributed by atoms with Crippen LogP contribution in [0.3, 0.4) is 0 Å². The number of rotatable bonds is 13. The maximum Gasteiger partial charge on any atom is 0.153 e. The zero-order valence-corrected chi connectivity index (χ0v) is 19.7. The molecule has 2 N–H and O–H groups in total. The summed E-state index contributed by atoms with van der Waals surface area (Å²) in [7, 11) is 0. The predicted octanol–water partition coefficient (Wildman–Crippen LogP) is 7.51. The highest BCUT2D eigenvalue weighted by atomic mass is 16.6. The van der Waals surface area contributed by atoms with Gasteiger partial charge >= 0.3 is 0 Å². The molecule has 0 bridgehead atoms. The lowest BCUT2D eigenvalue weighted by molar-refractivity contribution is 0.158. The van der Waals surface area contributed by atoms with Gasteiger partial charge in [-0.05, 0) is 57.9 Å².